The lowest BCUT2D eigenvalue weighted by atomic mass is 10.1. The molecule has 1 aromatic rings. The van der Waals surface area contributed by atoms with Gasteiger partial charge in [0.25, 0.3) is 0 Å². The Morgan fingerprint density at radius 3 is 2.79 bits per heavy atom. The molecule has 2 N–H and O–H groups in total. The summed E-state index contributed by atoms with van der Waals surface area (Å²) in [5.41, 5.74) is 6.79. The van der Waals surface area contributed by atoms with E-state index in [9.17, 15) is 4.39 Å². The summed E-state index contributed by atoms with van der Waals surface area (Å²) in [6.45, 7) is 5.83. The van der Waals surface area contributed by atoms with E-state index in [0.29, 0.717) is 23.7 Å². The van der Waals surface area contributed by atoms with E-state index >= 15 is 0 Å². The molecule has 1 aliphatic heterocycles. The molecule has 1 heterocycles. The second-order valence-corrected chi connectivity index (χ2v) is 5.69. The first-order chi connectivity index (χ1) is 8.97. The highest BCUT2D eigenvalue weighted by molar-refractivity contribution is 7.80. The zero-order valence-electron chi connectivity index (χ0n) is 11.4. The summed E-state index contributed by atoms with van der Waals surface area (Å²) >= 11 is 4.85. The van der Waals surface area contributed by atoms with Gasteiger partial charge in [-0.25, -0.2) is 4.39 Å². The molecule has 5 heteroatoms. The maximum absolute atomic E-state index is 14.0. The average molecular weight is 281 g/mol. The van der Waals surface area contributed by atoms with Crippen LogP contribution in [0.1, 0.15) is 18.1 Å². The molecule has 0 bridgehead atoms. The van der Waals surface area contributed by atoms with Crippen molar-refractivity contribution in [1.82, 2.24) is 9.80 Å². The van der Waals surface area contributed by atoms with Gasteiger partial charge < -0.3 is 10.6 Å². The molecule has 0 amide bonds. The molecule has 1 atom stereocenters. The Morgan fingerprint density at radius 1 is 1.47 bits per heavy atom. The summed E-state index contributed by atoms with van der Waals surface area (Å²) in [7, 11) is 2.12. The van der Waals surface area contributed by atoms with Crippen LogP contribution in [-0.2, 0) is 6.54 Å². The molecule has 0 spiro atoms. The molecule has 0 aromatic heterocycles. The predicted molar refractivity (Wildman–Crippen MR) is 79.7 cm³/mol. The van der Waals surface area contributed by atoms with Crippen molar-refractivity contribution in [3.05, 3.63) is 35.1 Å². The Labute approximate surface area is 119 Å². The van der Waals surface area contributed by atoms with Crippen molar-refractivity contribution >= 4 is 17.2 Å². The highest BCUT2D eigenvalue weighted by Crippen LogP contribution is 2.16. The first-order valence-electron chi connectivity index (χ1n) is 6.48. The smallest absolute Gasteiger partial charge is 0.128 e. The van der Waals surface area contributed by atoms with Crippen LogP contribution in [0.15, 0.2) is 18.2 Å². The summed E-state index contributed by atoms with van der Waals surface area (Å²) in [5, 5.41) is 0. The Morgan fingerprint density at radius 2 is 2.21 bits per heavy atom. The van der Waals surface area contributed by atoms with Gasteiger partial charge in [0.05, 0.1) is 0 Å². The Kier molecular flexibility index (Phi) is 4.50. The monoisotopic (exact) mass is 281 g/mol. The molecule has 1 saturated heterocycles. The van der Waals surface area contributed by atoms with Crippen LogP contribution in [0.5, 0.6) is 0 Å². The molecule has 104 valence electrons. The van der Waals surface area contributed by atoms with Gasteiger partial charge >= 0.3 is 0 Å². The number of nitrogens with two attached hydrogens (primary N) is 1. The zero-order valence-corrected chi connectivity index (χ0v) is 12.2. The van der Waals surface area contributed by atoms with Crippen molar-refractivity contribution in [2.45, 2.75) is 19.5 Å². The lowest BCUT2D eigenvalue weighted by Crippen LogP contribution is -2.49. The molecule has 1 unspecified atom stereocenters. The number of likely N-dealkylation sites (N-methyl/N-ethyl adjacent to an activating group) is 1. The van der Waals surface area contributed by atoms with Crippen LogP contribution in [0, 0.1) is 5.82 Å². The van der Waals surface area contributed by atoms with Gasteiger partial charge in [0.15, 0.2) is 0 Å². The van der Waals surface area contributed by atoms with Gasteiger partial charge in [-0.2, -0.15) is 0 Å². The van der Waals surface area contributed by atoms with Gasteiger partial charge in [0.1, 0.15) is 10.8 Å². The van der Waals surface area contributed by atoms with Gasteiger partial charge in [-0.1, -0.05) is 24.4 Å². The minimum atomic E-state index is -0.226. The lowest BCUT2D eigenvalue weighted by Gasteiger charge is -2.38. The fourth-order valence-corrected chi connectivity index (χ4v) is 2.59. The SMILES string of the molecule is CC1CN(C)CCN1Cc1ccc(C(N)=S)cc1F. The third-order valence-corrected chi connectivity index (χ3v) is 3.91. The van der Waals surface area contributed by atoms with Crippen LogP contribution in [0.4, 0.5) is 4.39 Å². The molecule has 0 radical (unpaired) electrons. The highest BCUT2D eigenvalue weighted by atomic mass is 32.1. The predicted octanol–water partition coefficient (Wildman–Crippen LogP) is 1.60. The van der Waals surface area contributed by atoms with E-state index in [1.165, 1.54) is 6.07 Å². The van der Waals surface area contributed by atoms with Crippen molar-refractivity contribution in [3.8, 4) is 0 Å². The van der Waals surface area contributed by atoms with Crippen LogP contribution in [0.2, 0.25) is 0 Å². The first kappa shape index (κ1) is 14.4. The second kappa shape index (κ2) is 5.94. The topological polar surface area (TPSA) is 32.5 Å². The quantitative estimate of drug-likeness (QED) is 0.853. The number of piperazine rings is 1. The van der Waals surface area contributed by atoms with E-state index < -0.39 is 0 Å². The van der Waals surface area contributed by atoms with Crippen LogP contribution < -0.4 is 5.73 Å². The lowest BCUT2D eigenvalue weighted by molar-refractivity contribution is 0.0928. The van der Waals surface area contributed by atoms with Gasteiger partial charge in [0, 0.05) is 43.3 Å². The van der Waals surface area contributed by atoms with E-state index in [2.05, 4.69) is 23.8 Å². The van der Waals surface area contributed by atoms with Crippen LogP contribution in [0.3, 0.4) is 0 Å². The maximum Gasteiger partial charge on any atom is 0.128 e. The van der Waals surface area contributed by atoms with Gasteiger partial charge in [0.2, 0.25) is 0 Å². The third-order valence-electron chi connectivity index (χ3n) is 3.68. The number of benzene rings is 1. The largest absolute Gasteiger partial charge is 0.389 e. The van der Waals surface area contributed by atoms with E-state index in [1.54, 1.807) is 12.1 Å². The second-order valence-electron chi connectivity index (χ2n) is 5.25. The number of hydrogen-bond donors (Lipinski definition) is 1. The number of thiocarbonyl (C=S) groups is 1. The summed E-state index contributed by atoms with van der Waals surface area (Å²) in [6, 6.07) is 5.45. The number of halogens is 1. The zero-order chi connectivity index (χ0) is 14.0. The fourth-order valence-electron chi connectivity index (χ4n) is 2.46. The third kappa shape index (κ3) is 3.49. The summed E-state index contributed by atoms with van der Waals surface area (Å²) in [6.07, 6.45) is 0. The van der Waals surface area contributed by atoms with E-state index in [0.717, 1.165) is 19.6 Å². The minimum absolute atomic E-state index is 0.226. The summed E-state index contributed by atoms with van der Waals surface area (Å²) in [5.74, 6) is -0.226. The van der Waals surface area contributed by atoms with Crippen molar-refractivity contribution in [2.75, 3.05) is 26.7 Å². The number of hydrogen-bond acceptors (Lipinski definition) is 3. The Balaban J connectivity index is 2.09. The molecule has 1 aromatic carbocycles. The summed E-state index contributed by atoms with van der Waals surface area (Å²) < 4.78 is 14.0. The Hall–Kier alpha value is -1.04. The molecule has 2 rings (SSSR count). The normalized spacial score (nSPS) is 21.5. The van der Waals surface area contributed by atoms with Crippen molar-refractivity contribution < 1.29 is 4.39 Å². The van der Waals surface area contributed by atoms with E-state index in [4.69, 9.17) is 18.0 Å². The van der Waals surface area contributed by atoms with Crippen LogP contribution >= 0.6 is 12.2 Å². The van der Waals surface area contributed by atoms with Crippen molar-refractivity contribution in [3.63, 3.8) is 0 Å². The van der Waals surface area contributed by atoms with Gasteiger partial charge in [-0.3, -0.25) is 4.90 Å². The minimum Gasteiger partial charge on any atom is -0.389 e. The molecule has 1 fully saturated rings. The Bertz CT molecular complexity index is 478. The molecule has 0 saturated carbocycles. The van der Waals surface area contributed by atoms with Gasteiger partial charge in [-0.15, -0.1) is 0 Å². The number of nitrogens with zero attached hydrogens (tertiary/aromatic N) is 2. The standard InChI is InChI=1S/C14H20FN3S/c1-10-8-17(2)5-6-18(10)9-12-4-3-11(14(16)19)7-13(12)15/h3-4,7,10H,5-6,8-9H2,1-2H3,(H2,16,19). The van der Waals surface area contributed by atoms with E-state index in [1.807, 2.05) is 0 Å². The highest BCUT2D eigenvalue weighted by Gasteiger charge is 2.22. The molecule has 0 aliphatic carbocycles. The molecule has 1 aliphatic rings. The fraction of sp³-hybridized carbons (Fsp3) is 0.500. The average Bonchev–Trinajstić information content (AvgIpc) is 2.34. The van der Waals surface area contributed by atoms with Crippen molar-refractivity contribution in [2.24, 2.45) is 5.73 Å². The van der Waals surface area contributed by atoms with Crippen molar-refractivity contribution in [1.29, 1.82) is 0 Å². The van der Waals surface area contributed by atoms with Gasteiger partial charge in [-0.05, 0) is 20.0 Å². The number of rotatable bonds is 3. The van der Waals surface area contributed by atoms with Crippen LogP contribution in [-0.4, -0.2) is 47.5 Å². The molecular weight excluding hydrogens is 261 g/mol. The maximum atomic E-state index is 14.0. The molecular formula is C14H20FN3S. The molecule has 19 heavy (non-hydrogen) atoms. The first-order valence-corrected chi connectivity index (χ1v) is 6.89. The van der Waals surface area contributed by atoms with Crippen LogP contribution in [0.25, 0.3) is 0 Å². The van der Waals surface area contributed by atoms with E-state index in [-0.39, 0.29) is 10.8 Å². The molecule has 3 nitrogen and oxygen atoms in total. The summed E-state index contributed by atoms with van der Waals surface area (Å²) in [4.78, 5) is 4.84.